The summed E-state index contributed by atoms with van der Waals surface area (Å²) in [5.41, 5.74) is 1.25. The van der Waals surface area contributed by atoms with Crippen LogP contribution in [-0.4, -0.2) is 13.2 Å². The summed E-state index contributed by atoms with van der Waals surface area (Å²) in [5, 5.41) is 3.51. The van der Waals surface area contributed by atoms with Gasteiger partial charge in [0.25, 0.3) is 0 Å². The van der Waals surface area contributed by atoms with E-state index in [1.54, 1.807) is 7.11 Å². The van der Waals surface area contributed by atoms with E-state index in [1.807, 2.05) is 30.3 Å². The summed E-state index contributed by atoms with van der Waals surface area (Å²) in [6.07, 6.45) is 2.60. The molecule has 1 aliphatic carbocycles. The highest BCUT2D eigenvalue weighted by atomic mass is 79.9. The van der Waals surface area contributed by atoms with Crippen molar-refractivity contribution in [3.8, 4) is 17.2 Å². The normalized spacial score (nSPS) is 14.0. The Labute approximate surface area is 133 Å². The quantitative estimate of drug-likeness (QED) is 0.834. The van der Waals surface area contributed by atoms with Crippen LogP contribution in [0.15, 0.2) is 46.9 Å². The molecule has 0 spiro atoms. The number of rotatable bonds is 6. The number of para-hydroxylation sites is 2. The molecule has 0 bridgehead atoms. The lowest BCUT2D eigenvalue weighted by Gasteiger charge is -2.12. The Kier molecular flexibility index (Phi) is 4.46. The van der Waals surface area contributed by atoms with Gasteiger partial charge >= 0.3 is 0 Å². The van der Waals surface area contributed by atoms with Gasteiger partial charge in [-0.25, -0.2) is 0 Å². The third-order valence-electron chi connectivity index (χ3n) is 3.46. The molecule has 1 aliphatic rings. The SMILES string of the molecule is COc1ccccc1Oc1ccc(CNC2CC2)cc1Br. The van der Waals surface area contributed by atoms with Crippen molar-refractivity contribution in [2.75, 3.05) is 7.11 Å². The predicted octanol–water partition coefficient (Wildman–Crippen LogP) is 4.50. The molecule has 0 aliphatic heterocycles. The molecule has 3 nitrogen and oxygen atoms in total. The van der Waals surface area contributed by atoms with Crippen LogP contribution in [0.4, 0.5) is 0 Å². The van der Waals surface area contributed by atoms with Crippen LogP contribution in [0.5, 0.6) is 17.2 Å². The molecule has 1 saturated carbocycles. The summed E-state index contributed by atoms with van der Waals surface area (Å²) >= 11 is 3.58. The Morgan fingerprint density at radius 2 is 1.86 bits per heavy atom. The Morgan fingerprint density at radius 3 is 2.52 bits per heavy atom. The largest absolute Gasteiger partial charge is 0.493 e. The summed E-state index contributed by atoms with van der Waals surface area (Å²) in [6, 6.07) is 14.5. The fraction of sp³-hybridized carbons (Fsp3) is 0.294. The average molecular weight is 348 g/mol. The minimum atomic E-state index is 0.713. The Morgan fingerprint density at radius 1 is 1.10 bits per heavy atom. The van der Waals surface area contributed by atoms with Crippen LogP contribution in [0, 0.1) is 0 Å². The second-order valence-corrected chi connectivity index (χ2v) is 6.03. The zero-order valence-electron chi connectivity index (χ0n) is 11.9. The number of hydrogen-bond donors (Lipinski definition) is 1. The molecule has 21 heavy (non-hydrogen) atoms. The van der Waals surface area contributed by atoms with Gasteiger partial charge in [-0.1, -0.05) is 18.2 Å². The highest BCUT2D eigenvalue weighted by molar-refractivity contribution is 9.10. The van der Waals surface area contributed by atoms with Crippen molar-refractivity contribution in [3.05, 3.63) is 52.5 Å². The molecular formula is C17H18BrNO2. The second-order valence-electron chi connectivity index (χ2n) is 5.17. The van der Waals surface area contributed by atoms with Gasteiger partial charge in [-0.2, -0.15) is 0 Å². The molecule has 2 aromatic rings. The van der Waals surface area contributed by atoms with Crippen LogP contribution >= 0.6 is 15.9 Å². The van der Waals surface area contributed by atoms with Crippen LogP contribution in [0.2, 0.25) is 0 Å². The van der Waals surface area contributed by atoms with Crippen molar-refractivity contribution in [2.24, 2.45) is 0 Å². The van der Waals surface area contributed by atoms with Gasteiger partial charge in [-0.05, 0) is 58.6 Å². The molecule has 2 aromatic carbocycles. The number of halogens is 1. The third-order valence-corrected chi connectivity index (χ3v) is 4.08. The molecule has 0 unspecified atom stereocenters. The van der Waals surface area contributed by atoms with E-state index in [0.717, 1.165) is 22.5 Å². The van der Waals surface area contributed by atoms with E-state index in [2.05, 4.69) is 33.4 Å². The minimum Gasteiger partial charge on any atom is -0.493 e. The summed E-state index contributed by atoms with van der Waals surface area (Å²) in [6.45, 7) is 0.901. The smallest absolute Gasteiger partial charge is 0.169 e. The lowest BCUT2D eigenvalue weighted by molar-refractivity contribution is 0.378. The molecule has 4 heteroatoms. The monoisotopic (exact) mass is 347 g/mol. The van der Waals surface area contributed by atoms with E-state index in [1.165, 1.54) is 18.4 Å². The average Bonchev–Trinajstić information content (AvgIpc) is 3.32. The Hall–Kier alpha value is -1.52. The molecule has 1 N–H and O–H groups in total. The number of nitrogens with one attached hydrogen (secondary N) is 1. The zero-order chi connectivity index (χ0) is 14.7. The summed E-state index contributed by atoms with van der Waals surface area (Å²) in [4.78, 5) is 0. The third kappa shape index (κ3) is 3.77. The zero-order valence-corrected chi connectivity index (χ0v) is 13.5. The van der Waals surface area contributed by atoms with Crippen molar-refractivity contribution in [1.29, 1.82) is 0 Å². The maximum absolute atomic E-state index is 5.93. The summed E-state index contributed by atoms with van der Waals surface area (Å²) < 4.78 is 12.2. The van der Waals surface area contributed by atoms with Crippen LogP contribution in [0.3, 0.4) is 0 Å². The molecule has 3 rings (SSSR count). The van der Waals surface area contributed by atoms with E-state index < -0.39 is 0 Å². The standard InChI is InChI=1S/C17H18BrNO2/c1-20-16-4-2-3-5-17(16)21-15-9-6-12(10-14(15)18)11-19-13-7-8-13/h2-6,9-10,13,19H,7-8,11H2,1H3. The Bertz CT molecular complexity index is 626. The molecule has 0 aromatic heterocycles. The van der Waals surface area contributed by atoms with E-state index in [-0.39, 0.29) is 0 Å². The van der Waals surface area contributed by atoms with E-state index >= 15 is 0 Å². The van der Waals surface area contributed by atoms with E-state index in [0.29, 0.717) is 11.8 Å². The molecule has 0 heterocycles. The number of methoxy groups -OCH3 is 1. The van der Waals surface area contributed by atoms with Gasteiger partial charge in [0, 0.05) is 12.6 Å². The molecule has 0 radical (unpaired) electrons. The van der Waals surface area contributed by atoms with Gasteiger partial charge in [0.1, 0.15) is 5.75 Å². The molecular weight excluding hydrogens is 330 g/mol. The van der Waals surface area contributed by atoms with Crippen molar-refractivity contribution >= 4 is 15.9 Å². The van der Waals surface area contributed by atoms with Gasteiger partial charge in [-0.3, -0.25) is 0 Å². The maximum atomic E-state index is 5.93. The predicted molar refractivity (Wildman–Crippen MR) is 87.1 cm³/mol. The molecule has 0 atom stereocenters. The van der Waals surface area contributed by atoms with E-state index in [4.69, 9.17) is 9.47 Å². The van der Waals surface area contributed by atoms with Crippen molar-refractivity contribution in [2.45, 2.75) is 25.4 Å². The fourth-order valence-corrected chi connectivity index (χ4v) is 2.62. The van der Waals surface area contributed by atoms with Gasteiger partial charge in [0.15, 0.2) is 11.5 Å². The summed E-state index contributed by atoms with van der Waals surface area (Å²) in [7, 11) is 1.64. The van der Waals surface area contributed by atoms with Crippen molar-refractivity contribution in [1.82, 2.24) is 5.32 Å². The molecule has 0 saturated heterocycles. The molecule has 1 fully saturated rings. The molecule has 0 amide bonds. The fourth-order valence-electron chi connectivity index (χ4n) is 2.11. The van der Waals surface area contributed by atoms with Crippen LogP contribution in [0.1, 0.15) is 18.4 Å². The highest BCUT2D eigenvalue weighted by Gasteiger charge is 2.20. The molecule has 110 valence electrons. The second kappa shape index (κ2) is 6.50. The van der Waals surface area contributed by atoms with Gasteiger partial charge in [0.05, 0.1) is 11.6 Å². The van der Waals surface area contributed by atoms with Crippen LogP contribution < -0.4 is 14.8 Å². The number of benzene rings is 2. The first-order valence-corrected chi connectivity index (χ1v) is 7.88. The highest BCUT2D eigenvalue weighted by Crippen LogP contribution is 2.35. The lowest BCUT2D eigenvalue weighted by atomic mass is 10.2. The van der Waals surface area contributed by atoms with Gasteiger partial charge in [0.2, 0.25) is 0 Å². The van der Waals surface area contributed by atoms with Crippen molar-refractivity contribution in [3.63, 3.8) is 0 Å². The lowest BCUT2D eigenvalue weighted by Crippen LogP contribution is -2.15. The van der Waals surface area contributed by atoms with Crippen LogP contribution in [0.25, 0.3) is 0 Å². The first-order valence-electron chi connectivity index (χ1n) is 7.09. The number of ether oxygens (including phenoxy) is 2. The van der Waals surface area contributed by atoms with Gasteiger partial charge in [-0.15, -0.1) is 0 Å². The Balaban J connectivity index is 1.72. The first kappa shape index (κ1) is 14.4. The van der Waals surface area contributed by atoms with E-state index in [9.17, 15) is 0 Å². The topological polar surface area (TPSA) is 30.5 Å². The number of hydrogen-bond acceptors (Lipinski definition) is 3. The minimum absolute atomic E-state index is 0.713. The first-order chi connectivity index (χ1) is 10.3. The summed E-state index contributed by atoms with van der Waals surface area (Å²) in [5.74, 6) is 2.23. The van der Waals surface area contributed by atoms with Crippen molar-refractivity contribution < 1.29 is 9.47 Å². The van der Waals surface area contributed by atoms with Gasteiger partial charge < -0.3 is 14.8 Å². The van der Waals surface area contributed by atoms with Crippen LogP contribution in [-0.2, 0) is 6.54 Å². The maximum Gasteiger partial charge on any atom is 0.169 e.